The molecule has 0 radical (unpaired) electrons. The summed E-state index contributed by atoms with van der Waals surface area (Å²) in [5.41, 5.74) is 1.57. The molecule has 4 heteroatoms. The number of hydrogen-bond acceptors (Lipinski definition) is 3. The number of carbonyl (C=O) groups excluding carboxylic acids is 1. The number of amides is 1. The number of rotatable bonds is 3. The second-order valence-electron chi connectivity index (χ2n) is 5.47. The van der Waals surface area contributed by atoms with Gasteiger partial charge in [-0.2, -0.15) is 0 Å². The van der Waals surface area contributed by atoms with E-state index in [0.717, 1.165) is 37.2 Å². The van der Waals surface area contributed by atoms with Gasteiger partial charge in [0.05, 0.1) is 12.8 Å². The van der Waals surface area contributed by atoms with Gasteiger partial charge in [-0.3, -0.25) is 4.79 Å². The highest BCUT2D eigenvalue weighted by Crippen LogP contribution is 2.32. The zero-order valence-corrected chi connectivity index (χ0v) is 11.9. The van der Waals surface area contributed by atoms with Gasteiger partial charge >= 0.3 is 0 Å². The minimum absolute atomic E-state index is 0.0798. The van der Waals surface area contributed by atoms with Crippen LogP contribution in [0.3, 0.4) is 0 Å². The zero-order valence-electron chi connectivity index (χ0n) is 11.9. The number of hydrogen-bond donors (Lipinski definition) is 2. The Labute approximate surface area is 114 Å². The summed E-state index contributed by atoms with van der Waals surface area (Å²) in [7, 11) is 1.62. The number of aryl methyl sites for hydroxylation is 1. The second kappa shape index (κ2) is 5.61. The lowest BCUT2D eigenvalue weighted by molar-refractivity contribution is -0.126. The molecular formula is C15H22N2O2. The molecular weight excluding hydrogens is 240 g/mol. The number of carbonyl (C=O) groups is 1. The standard InChI is InChI=1S/C15H22N2O2/c1-11-4-5-12(13(10-11)19-3)17-14(18)15(2)6-8-16-9-7-15/h4-5,10,16H,6-9H2,1-3H3,(H,17,18). The average molecular weight is 262 g/mol. The number of nitrogens with one attached hydrogen (secondary N) is 2. The molecule has 1 amide bonds. The van der Waals surface area contributed by atoms with E-state index < -0.39 is 0 Å². The highest BCUT2D eigenvalue weighted by Gasteiger charge is 2.34. The lowest BCUT2D eigenvalue weighted by Gasteiger charge is -2.32. The quantitative estimate of drug-likeness (QED) is 0.879. The molecule has 1 aromatic rings. The molecule has 1 heterocycles. The third-order valence-corrected chi connectivity index (χ3v) is 3.86. The molecule has 19 heavy (non-hydrogen) atoms. The van der Waals surface area contributed by atoms with Crippen LogP contribution >= 0.6 is 0 Å². The van der Waals surface area contributed by atoms with E-state index in [1.165, 1.54) is 0 Å². The van der Waals surface area contributed by atoms with Crippen molar-refractivity contribution in [2.24, 2.45) is 5.41 Å². The Morgan fingerprint density at radius 1 is 1.37 bits per heavy atom. The van der Waals surface area contributed by atoms with Crippen molar-refractivity contribution in [2.45, 2.75) is 26.7 Å². The van der Waals surface area contributed by atoms with Crippen molar-refractivity contribution in [3.63, 3.8) is 0 Å². The van der Waals surface area contributed by atoms with Gasteiger partial charge in [-0.05, 0) is 50.6 Å². The van der Waals surface area contributed by atoms with Gasteiger partial charge in [0.2, 0.25) is 5.91 Å². The van der Waals surface area contributed by atoms with E-state index in [-0.39, 0.29) is 11.3 Å². The summed E-state index contributed by atoms with van der Waals surface area (Å²) in [4.78, 5) is 12.4. The maximum absolute atomic E-state index is 12.4. The van der Waals surface area contributed by atoms with Crippen molar-refractivity contribution in [1.82, 2.24) is 5.32 Å². The first-order valence-corrected chi connectivity index (χ1v) is 6.72. The smallest absolute Gasteiger partial charge is 0.230 e. The number of benzene rings is 1. The van der Waals surface area contributed by atoms with E-state index in [0.29, 0.717) is 5.75 Å². The summed E-state index contributed by atoms with van der Waals surface area (Å²) >= 11 is 0. The highest BCUT2D eigenvalue weighted by molar-refractivity contribution is 5.96. The van der Waals surface area contributed by atoms with Gasteiger partial charge in [-0.1, -0.05) is 13.0 Å². The van der Waals surface area contributed by atoms with Crippen molar-refractivity contribution in [3.05, 3.63) is 23.8 Å². The van der Waals surface area contributed by atoms with Crippen molar-refractivity contribution in [1.29, 1.82) is 0 Å². The molecule has 0 aromatic heterocycles. The Morgan fingerprint density at radius 3 is 2.68 bits per heavy atom. The van der Waals surface area contributed by atoms with E-state index in [1.807, 2.05) is 32.0 Å². The fourth-order valence-electron chi connectivity index (χ4n) is 2.38. The molecule has 1 aliphatic heterocycles. The summed E-state index contributed by atoms with van der Waals surface area (Å²) in [6.45, 7) is 5.83. The van der Waals surface area contributed by atoms with E-state index in [9.17, 15) is 4.79 Å². The van der Waals surface area contributed by atoms with Gasteiger partial charge < -0.3 is 15.4 Å². The first kappa shape index (κ1) is 13.9. The Bertz CT molecular complexity index is 465. The normalized spacial score (nSPS) is 17.8. The molecule has 1 saturated heterocycles. The Kier molecular flexibility index (Phi) is 4.10. The summed E-state index contributed by atoms with van der Waals surface area (Å²) in [5.74, 6) is 0.794. The van der Waals surface area contributed by atoms with Gasteiger partial charge in [0.15, 0.2) is 0 Å². The summed E-state index contributed by atoms with van der Waals surface area (Å²) < 4.78 is 5.32. The fraction of sp³-hybridized carbons (Fsp3) is 0.533. The van der Waals surface area contributed by atoms with Crippen LogP contribution in [0, 0.1) is 12.3 Å². The molecule has 2 rings (SSSR count). The van der Waals surface area contributed by atoms with Crippen LogP contribution in [-0.2, 0) is 4.79 Å². The fourth-order valence-corrected chi connectivity index (χ4v) is 2.38. The number of ether oxygens (including phenoxy) is 1. The molecule has 2 N–H and O–H groups in total. The Morgan fingerprint density at radius 2 is 2.05 bits per heavy atom. The van der Waals surface area contributed by atoms with Crippen LogP contribution in [0.15, 0.2) is 18.2 Å². The molecule has 1 fully saturated rings. The van der Waals surface area contributed by atoms with Crippen LogP contribution < -0.4 is 15.4 Å². The lowest BCUT2D eigenvalue weighted by atomic mass is 9.80. The maximum atomic E-state index is 12.4. The van der Waals surface area contributed by atoms with Crippen LogP contribution in [0.5, 0.6) is 5.75 Å². The number of methoxy groups -OCH3 is 1. The maximum Gasteiger partial charge on any atom is 0.230 e. The highest BCUT2D eigenvalue weighted by atomic mass is 16.5. The number of anilines is 1. The third-order valence-electron chi connectivity index (χ3n) is 3.86. The molecule has 104 valence electrons. The monoisotopic (exact) mass is 262 g/mol. The van der Waals surface area contributed by atoms with Crippen LogP contribution in [0.25, 0.3) is 0 Å². The molecule has 0 aliphatic carbocycles. The Hall–Kier alpha value is -1.55. The molecule has 0 bridgehead atoms. The molecule has 1 aromatic carbocycles. The van der Waals surface area contributed by atoms with Crippen molar-refractivity contribution in [3.8, 4) is 5.75 Å². The summed E-state index contributed by atoms with van der Waals surface area (Å²) in [6, 6.07) is 5.81. The van der Waals surface area contributed by atoms with E-state index in [2.05, 4.69) is 10.6 Å². The minimum atomic E-state index is -0.291. The molecule has 1 aliphatic rings. The average Bonchev–Trinajstić information content (AvgIpc) is 2.41. The van der Waals surface area contributed by atoms with Crippen molar-refractivity contribution >= 4 is 11.6 Å². The van der Waals surface area contributed by atoms with E-state index in [1.54, 1.807) is 7.11 Å². The van der Waals surface area contributed by atoms with Crippen LogP contribution in [0.1, 0.15) is 25.3 Å². The first-order valence-electron chi connectivity index (χ1n) is 6.72. The van der Waals surface area contributed by atoms with Gasteiger partial charge in [-0.25, -0.2) is 0 Å². The van der Waals surface area contributed by atoms with Gasteiger partial charge in [-0.15, -0.1) is 0 Å². The predicted octanol–water partition coefficient (Wildman–Crippen LogP) is 2.33. The van der Waals surface area contributed by atoms with E-state index >= 15 is 0 Å². The molecule has 0 saturated carbocycles. The van der Waals surface area contributed by atoms with Crippen molar-refractivity contribution < 1.29 is 9.53 Å². The number of piperidine rings is 1. The van der Waals surface area contributed by atoms with Crippen molar-refractivity contribution in [2.75, 3.05) is 25.5 Å². The predicted molar refractivity (Wildman–Crippen MR) is 76.6 cm³/mol. The second-order valence-corrected chi connectivity index (χ2v) is 5.47. The first-order chi connectivity index (χ1) is 9.05. The van der Waals surface area contributed by atoms with Gasteiger partial charge in [0.25, 0.3) is 0 Å². The van der Waals surface area contributed by atoms with E-state index in [4.69, 9.17) is 4.74 Å². The SMILES string of the molecule is COc1cc(C)ccc1NC(=O)C1(C)CCNCC1. The summed E-state index contributed by atoms with van der Waals surface area (Å²) in [5, 5.41) is 6.29. The molecule has 4 nitrogen and oxygen atoms in total. The van der Waals surface area contributed by atoms with Crippen LogP contribution in [0.2, 0.25) is 0 Å². The minimum Gasteiger partial charge on any atom is -0.495 e. The molecule has 0 unspecified atom stereocenters. The molecule has 0 atom stereocenters. The van der Waals surface area contributed by atoms with Gasteiger partial charge in [0, 0.05) is 5.41 Å². The van der Waals surface area contributed by atoms with Crippen LogP contribution in [-0.4, -0.2) is 26.1 Å². The Balaban J connectivity index is 2.14. The van der Waals surface area contributed by atoms with Gasteiger partial charge in [0.1, 0.15) is 5.75 Å². The van der Waals surface area contributed by atoms with Crippen LogP contribution in [0.4, 0.5) is 5.69 Å². The topological polar surface area (TPSA) is 50.4 Å². The molecule has 0 spiro atoms. The lowest BCUT2D eigenvalue weighted by Crippen LogP contribution is -2.42. The summed E-state index contributed by atoms with van der Waals surface area (Å²) in [6.07, 6.45) is 1.74. The largest absolute Gasteiger partial charge is 0.495 e. The third kappa shape index (κ3) is 3.07. The zero-order chi connectivity index (χ0) is 13.9.